The lowest BCUT2D eigenvalue weighted by Crippen LogP contribution is -2.40. The summed E-state index contributed by atoms with van der Waals surface area (Å²) in [5, 5.41) is 9.08. The predicted molar refractivity (Wildman–Crippen MR) is 98.8 cm³/mol. The first-order valence-corrected chi connectivity index (χ1v) is 10.8. The molecule has 1 aromatic rings. The molecule has 9 heteroatoms. The van der Waals surface area contributed by atoms with Gasteiger partial charge in [-0.1, -0.05) is 6.92 Å². The summed E-state index contributed by atoms with van der Waals surface area (Å²) < 4.78 is 28.9. The van der Waals surface area contributed by atoms with Gasteiger partial charge < -0.3 is 14.6 Å². The SMILES string of the molecule is CC1CCCN(S(=O)(=O)c2cc(C(=O)N3CCC(C(=O)O)CC3)n(C)c2)C1. The van der Waals surface area contributed by atoms with Crippen molar-refractivity contribution in [3.63, 3.8) is 0 Å². The van der Waals surface area contributed by atoms with Gasteiger partial charge in [-0.25, -0.2) is 8.42 Å². The fourth-order valence-electron chi connectivity index (χ4n) is 3.89. The largest absolute Gasteiger partial charge is 0.481 e. The first kappa shape index (κ1) is 19.9. The van der Waals surface area contributed by atoms with Crippen LogP contribution in [0.25, 0.3) is 0 Å². The predicted octanol–water partition coefficient (Wildman–Crippen LogP) is 1.38. The van der Waals surface area contributed by atoms with E-state index in [9.17, 15) is 18.0 Å². The Morgan fingerprint density at radius 1 is 1.15 bits per heavy atom. The number of carboxylic acids is 1. The molecule has 2 fully saturated rings. The van der Waals surface area contributed by atoms with Crippen LogP contribution in [0.15, 0.2) is 17.2 Å². The number of nitrogens with zero attached hydrogens (tertiary/aromatic N) is 3. The molecule has 3 rings (SSSR count). The topological polar surface area (TPSA) is 99.9 Å². The summed E-state index contributed by atoms with van der Waals surface area (Å²) in [6.45, 7) is 3.79. The second-order valence-corrected chi connectivity index (χ2v) is 9.63. The molecular formula is C18H27N3O5S. The summed E-state index contributed by atoms with van der Waals surface area (Å²) in [6, 6.07) is 1.44. The molecule has 2 saturated heterocycles. The van der Waals surface area contributed by atoms with Gasteiger partial charge in [0.1, 0.15) is 10.6 Å². The Labute approximate surface area is 159 Å². The van der Waals surface area contributed by atoms with Gasteiger partial charge in [-0.05, 0) is 37.7 Å². The third-order valence-electron chi connectivity index (χ3n) is 5.59. The van der Waals surface area contributed by atoms with Gasteiger partial charge in [-0.15, -0.1) is 0 Å². The molecule has 1 amide bonds. The molecule has 8 nitrogen and oxygen atoms in total. The Morgan fingerprint density at radius 3 is 2.41 bits per heavy atom. The minimum Gasteiger partial charge on any atom is -0.481 e. The van der Waals surface area contributed by atoms with Gasteiger partial charge in [0.25, 0.3) is 5.91 Å². The molecule has 0 saturated carbocycles. The van der Waals surface area contributed by atoms with Crippen molar-refractivity contribution in [2.24, 2.45) is 18.9 Å². The van der Waals surface area contributed by atoms with Crippen molar-refractivity contribution in [2.45, 2.75) is 37.5 Å². The first-order valence-electron chi connectivity index (χ1n) is 9.38. The van der Waals surface area contributed by atoms with Crippen LogP contribution < -0.4 is 0 Å². The van der Waals surface area contributed by atoms with Crippen LogP contribution in [0.3, 0.4) is 0 Å². The summed E-state index contributed by atoms with van der Waals surface area (Å²) in [5.41, 5.74) is 0.312. The maximum absolute atomic E-state index is 12.9. The van der Waals surface area contributed by atoms with E-state index in [1.165, 1.54) is 16.6 Å². The van der Waals surface area contributed by atoms with E-state index < -0.39 is 21.9 Å². The molecule has 0 aromatic carbocycles. The quantitative estimate of drug-likeness (QED) is 0.827. The smallest absolute Gasteiger partial charge is 0.306 e. The van der Waals surface area contributed by atoms with Crippen molar-refractivity contribution in [2.75, 3.05) is 26.2 Å². The van der Waals surface area contributed by atoms with Crippen LogP contribution in [0.1, 0.15) is 43.1 Å². The highest BCUT2D eigenvalue weighted by molar-refractivity contribution is 7.89. The third-order valence-corrected chi connectivity index (χ3v) is 7.42. The lowest BCUT2D eigenvalue weighted by atomic mass is 9.97. The molecule has 3 heterocycles. The summed E-state index contributed by atoms with van der Waals surface area (Å²) >= 11 is 0. The van der Waals surface area contributed by atoms with Gasteiger partial charge in [-0.3, -0.25) is 9.59 Å². The molecular weight excluding hydrogens is 370 g/mol. The molecule has 2 aliphatic rings. The van der Waals surface area contributed by atoms with E-state index in [1.807, 2.05) is 6.92 Å². The Morgan fingerprint density at radius 2 is 1.81 bits per heavy atom. The van der Waals surface area contributed by atoms with Gasteiger partial charge in [0.15, 0.2) is 0 Å². The number of aliphatic carboxylic acids is 1. The van der Waals surface area contributed by atoms with E-state index in [0.29, 0.717) is 50.6 Å². The van der Waals surface area contributed by atoms with Crippen LogP contribution in [0.2, 0.25) is 0 Å². The van der Waals surface area contributed by atoms with Crippen molar-refractivity contribution >= 4 is 21.9 Å². The molecule has 0 aliphatic carbocycles. The number of amides is 1. The Balaban J connectivity index is 1.76. The summed E-state index contributed by atoms with van der Waals surface area (Å²) in [7, 11) is -1.96. The minimum atomic E-state index is -3.62. The standard InChI is InChI=1S/C18H27N3O5S/c1-13-4-3-7-21(11-13)27(25,26)15-10-16(19(2)12-15)17(22)20-8-5-14(6-9-20)18(23)24/h10,12-14H,3-9,11H2,1-2H3,(H,23,24). The van der Waals surface area contributed by atoms with E-state index in [2.05, 4.69) is 0 Å². The number of carboxylic acid groups (broad SMARTS) is 1. The molecule has 1 aromatic heterocycles. The summed E-state index contributed by atoms with van der Waals surface area (Å²) in [5.74, 6) is -1.17. The number of hydrogen-bond donors (Lipinski definition) is 1. The maximum atomic E-state index is 12.9. The summed E-state index contributed by atoms with van der Waals surface area (Å²) in [6.07, 6.45) is 4.20. The van der Waals surface area contributed by atoms with Gasteiger partial charge in [0, 0.05) is 39.4 Å². The Hall–Kier alpha value is -1.87. The van der Waals surface area contributed by atoms with Crippen LogP contribution in [0.4, 0.5) is 0 Å². The number of rotatable bonds is 4. The van der Waals surface area contributed by atoms with Crippen LogP contribution in [0.5, 0.6) is 0 Å². The zero-order valence-electron chi connectivity index (χ0n) is 15.8. The minimum absolute atomic E-state index is 0.142. The number of piperidine rings is 2. The summed E-state index contributed by atoms with van der Waals surface area (Å²) in [4.78, 5) is 25.6. The molecule has 2 aliphatic heterocycles. The van der Waals surface area contributed by atoms with Gasteiger partial charge >= 0.3 is 5.97 Å². The molecule has 0 bridgehead atoms. The zero-order chi connectivity index (χ0) is 19.8. The second kappa shape index (κ2) is 7.63. The van der Waals surface area contributed by atoms with Crippen molar-refractivity contribution in [1.82, 2.24) is 13.8 Å². The number of carbonyl (C=O) groups is 2. The fourth-order valence-corrected chi connectivity index (χ4v) is 5.56. The molecule has 0 spiro atoms. The number of hydrogen-bond acceptors (Lipinski definition) is 4. The van der Waals surface area contributed by atoms with E-state index in [4.69, 9.17) is 5.11 Å². The van der Waals surface area contributed by atoms with Gasteiger partial charge in [0.2, 0.25) is 10.0 Å². The third kappa shape index (κ3) is 4.03. The lowest BCUT2D eigenvalue weighted by molar-refractivity contribution is -0.143. The highest BCUT2D eigenvalue weighted by Gasteiger charge is 2.32. The van der Waals surface area contributed by atoms with E-state index in [-0.39, 0.29) is 10.8 Å². The molecule has 1 unspecified atom stereocenters. The van der Waals surface area contributed by atoms with Crippen LogP contribution in [-0.4, -0.2) is 65.4 Å². The number of sulfonamides is 1. The molecule has 1 atom stereocenters. The molecule has 27 heavy (non-hydrogen) atoms. The lowest BCUT2D eigenvalue weighted by Gasteiger charge is -2.30. The monoisotopic (exact) mass is 397 g/mol. The average molecular weight is 397 g/mol. The number of aromatic nitrogens is 1. The van der Waals surface area contributed by atoms with Gasteiger partial charge in [-0.2, -0.15) is 4.31 Å². The number of carbonyl (C=O) groups excluding carboxylic acids is 1. The highest BCUT2D eigenvalue weighted by atomic mass is 32.2. The number of likely N-dealkylation sites (tertiary alicyclic amines) is 1. The zero-order valence-corrected chi connectivity index (χ0v) is 16.6. The number of aryl methyl sites for hydroxylation is 1. The molecule has 1 N–H and O–H groups in total. The van der Waals surface area contributed by atoms with Crippen molar-refractivity contribution < 1.29 is 23.1 Å². The molecule has 150 valence electrons. The second-order valence-electron chi connectivity index (χ2n) is 7.69. The van der Waals surface area contributed by atoms with Crippen molar-refractivity contribution in [3.8, 4) is 0 Å². The van der Waals surface area contributed by atoms with E-state index in [0.717, 1.165) is 12.8 Å². The Bertz CT molecular complexity index is 824. The highest BCUT2D eigenvalue weighted by Crippen LogP contribution is 2.26. The van der Waals surface area contributed by atoms with Crippen LogP contribution in [0, 0.1) is 11.8 Å². The van der Waals surface area contributed by atoms with Crippen LogP contribution >= 0.6 is 0 Å². The maximum Gasteiger partial charge on any atom is 0.306 e. The Kier molecular flexibility index (Phi) is 5.62. The molecule has 0 radical (unpaired) electrons. The fraction of sp³-hybridized carbons (Fsp3) is 0.667. The first-order chi connectivity index (χ1) is 12.7. The van der Waals surface area contributed by atoms with Crippen molar-refractivity contribution in [1.29, 1.82) is 0 Å². The van der Waals surface area contributed by atoms with E-state index in [1.54, 1.807) is 16.5 Å². The van der Waals surface area contributed by atoms with Crippen molar-refractivity contribution in [3.05, 3.63) is 18.0 Å². The normalized spacial score (nSPS) is 22.7. The average Bonchev–Trinajstić information content (AvgIpc) is 3.03. The van der Waals surface area contributed by atoms with Crippen LogP contribution in [-0.2, 0) is 21.9 Å². The van der Waals surface area contributed by atoms with Gasteiger partial charge in [0.05, 0.1) is 5.92 Å². The van der Waals surface area contributed by atoms with E-state index >= 15 is 0 Å².